The summed E-state index contributed by atoms with van der Waals surface area (Å²) >= 11 is 6.09. The molecule has 0 amide bonds. The van der Waals surface area contributed by atoms with Gasteiger partial charge in [0.15, 0.2) is 0 Å². The molecule has 0 bridgehead atoms. The molecule has 0 radical (unpaired) electrons. The molecule has 0 aliphatic carbocycles. The summed E-state index contributed by atoms with van der Waals surface area (Å²) in [7, 11) is 0. The Hall–Kier alpha value is -1.74. The second-order valence-corrected chi connectivity index (χ2v) is 7.82. The number of H-pyrrole nitrogens is 1. The minimum absolute atomic E-state index is 0.237. The fourth-order valence-corrected chi connectivity index (χ4v) is 3.59. The van der Waals surface area contributed by atoms with Crippen LogP contribution in [-0.4, -0.2) is 10.7 Å². The van der Waals surface area contributed by atoms with Gasteiger partial charge in [0.25, 0.3) is 0 Å². The van der Waals surface area contributed by atoms with Crippen LogP contribution in [0.15, 0.2) is 48.3 Å². The van der Waals surface area contributed by atoms with Crippen molar-refractivity contribution in [2.75, 3.05) is 0 Å². The van der Waals surface area contributed by atoms with Crippen LogP contribution in [0.3, 0.4) is 0 Å². The molecule has 2 aromatic rings. The number of nitrogens with two attached hydrogens (primary N) is 1. The lowest BCUT2D eigenvalue weighted by atomic mass is 9.78. The quantitative estimate of drug-likeness (QED) is 0.543. The van der Waals surface area contributed by atoms with Gasteiger partial charge >= 0.3 is 0 Å². The molecule has 2 nitrogen and oxygen atoms in total. The zero-order valence-electron chi connectivity index (χ0n) is 15.4. The fraction of sp³-hybridized carbons (Fsp3) is 0.429. The van der Waals surface area contributed by atoms with Gasteiger partial charge in [0.1, 0.15) is 5.67 Å². The fourth-order valence-electron chi connectivity index (χ4n) is 3.42. The number of fused-ring (bicyclic) bond motifs is 1. The van der Waals surface area contributed by atoms with E-state index in [0.717, 1.165) is 11.9 Å². The molecule has 0 fully saturated rings. The Morgan fingerprint density at radius 1 is 1.40 bits per heavy atom. The van der Waals surface area contributed by atoms with E-state index >= 15 is 0 Å². The van der Waals surface area contributed by atoms with E-state index in [0.29, 0.717) is 11.4 Å². The minimum Gasteiger partial charge on any atom is -0.405 e. The summed E-state index contributed by atoms with van der Waals surface area (Å²) in [5.41, 5.74) is 7.78. The largest absolute Gasteiger partial charge is 0.405 e. The molecule has 3 N–H and O–H groups in total. The molecule has 0 aliphatic heterocycles. The van der Waals surface area contributed by atoms with Gasteiger partial charge < -0.3 is 10.7 Å². The third-order valence-corrected chi connectivity index (χ3v) is 5.11. The Bertz CT molecular complexity index is 768. The number of aromatic amines is 1. The normalized spacial score (nSPS) is 15.8. The maximum atomic E-state index is 14.1. The summed E-state index contributed by atoms with van der Waals surface area (Å²) in [5.74, 6) is 0.487. The van der Waals surface area contributed by atoms with Crippen molar-refractivity contribution in [2.24, 2.45) is 11.7 Å². The molecule has 2 unspecified atom stereocenters. The third-order valence-electron chi connectivity index (χ3n) is 4.87. The highest BCUT2D eigenvalue weighted by Crippen LogP contribution is 2.38. The van der Waals surface area contributed by atoms with Crippen LogP contribution in [0.1, 0.15) is 52.0 Å². The van der Waals surface area contributed by atoms with Crippen molar-refractivity contribution >= 4 is 22.5 Å². The lowest BCUT2D eigenvalue weighted by Crippen LogP contribution is -2.18. The van der Waals surface area contributed by atoms with Crippen LogP contribution < -0.4 is 5.73 Å². The molecule has 2 atom stereocenters. The summed E-state index contributed by atoms with van der Waals surface area (Å²) in [4.78, 5) is 3.31. The Kier molecular flexibility index (Phi) is 6.34. The second-order valence-electron chi connectivity index (χ2n) is 7.38. The second kappa shape index (κ2) is 8.09. The highest BCUT2D eigenvalue weighted by molar-refractivity contribution is 6.31. The molecule has 0 spiro atoms. The number of nitrogens with one attached hydrogen (secondary N) is 1. The number of hydrogen-bond acceptors (Lipinski definition) is 1. The van der Waals surface area contributed by atoms with Crippen molar-refractivity contribution in [1.29, 1.82) is 0 Å². The van der Waals surface area contributed by atoms with Crippen molar-refractivity contribution < 1.29 is 4.39 Å². The van der Waals surface area contributed by atoms with Gasteiger partial charge in [-0.2, -0.15) is 0 Å². The summed E-state index contributed by atoms with van der Waals surface area (Å²) < 4.78 is 14.1. The zero-order chi connectivity index (χ0) is 18.6. The summed E-state index contributed by atoms with van der Waals surface area (Å²) in [6, 6.07) is 5.90. The van der Waals surface area contributed by atoms with Gasteiger partial charge in [0.2, 0.25) is 0 Å². The average molecular weight is 363 g/mol. The predicted molar refractivity (Wildman–Crippen MR) is 107 cm³/mol. The molecule has 1 heterocycles. The van der Waals surface area contributed by atoms with E-state index in [1.165, 1.54) is 22.7 Å². The van der Waals surface area contributed by atoms with Crippen LogP contribution in [-0.2, 0) is 0 Å². The van der Waals surface area contributed by atoms with Gasteiger partial charge in [-0.1, -0.05) is 36.2 Å². The highest BCUT2D eigenvalue weighted by Gasteiger charge is 2.26. The molecule has 1 aromatic carbocycles. The molecule has 4 heteroatoms. The SMILES string of the molecule is C/C(=C/C=C\N)C(CCC(C)(C)F)C(C)c1c[nH]c2cc(Cl)ccc12. The number of aromatic nitrogens is 1. The van der Waals surface area contributed by atoms with Crippen LogP contribution >= 0.6 is 11.6 Å². The number of rotatable bonds is 7. The van der Waals surface area contributed by atoms with E-state index in [1.54, 1.807) is 13.8 Å². The van der Waals surface area contributed by atoms with Crippen LogP contribution in [0.4, 0.5) is 4.39 Å². The lowest BCUT2D eigenvalue weighted by Gasteiger charge is -2.27. The maximum absolute atomic E-state index is 14.1. The van der Waals surface area contributed by atoms with Gasteiger partial charge in [0.05, 0.1) is 0 Å². The molecular weight excluding hydrogens is 335 g/mol. The van der Waals surface area contributed by atoms with E-state index in [-0.39, 0.29) is 11.8 Å². The third kappa shape index (κ3) is 5.12. The van der Waals surface area contributed by atoms with Crippen molar-refractivity contribution in [3.05, 3.63) is 58.9 Å². The van der Waals surface area contributed by atoms with Crippen molar-refractivity contribution in [3.8, 4) is 0 Å². The first-order valence-corrected chi connectivity index (χ1v) is 9.11. The van der Waals surface area contributed by atoms with E-state index < -0.39 is 5.67 Å². The van der Waals surface area contributed by atoms with Gasteiger partial charge in [-0.15, -0.1) is 0 Å². The van der Waals surface area contributed by atoms with E-state index in [2.05, 4.69) is 24.9 Å². The first-order chi connectivity index (χ1) is 11.7. The van der Waals surface area contributed by atoms with Gasteiger partial charge in [-0.05, 0) is 75.4 Å². The Morgan fingerprint density at radius 2 is 2.12 bits per heavy atom. The zero-order valence-corrected chi connectivity index (χ0v) is 16.2. The number of halogens is 2. The van der Waals surface area contributed by atoms with E-state index in [4.69, 9.17) is 17.3 Å². The predicted octanol–water partition coefficient (Wildman–Crippen LogP) is 6.49. The maximum Gasteiger partial charge on any atom is 0.105 e. The Morgan fingerprint density at radius 3 is 2.76 bits per heavy atom. The van der Waals surface area contributed by atoms with Crippen molar-refractivity contribution in [3.63, 3.8) is 0 Å². The standard InChI is InChI=1S/C21H28ClFN2/c1-14(6-5-11-24)17(9-10-21(3,4)23)15(2)19-13-25-20-12-16(22)7-8-18(19)20/h5-8,11-13,15,17,25H,9-10,24H2,1-4H3/b11-5-,14-6-. The molecule has 0 saturated carbocycles. The molecule has 0 saturated heterocycles. The first kappa shape index (κ1) is 19.6. The highest BCUT2D eigenvalue weighted by atomic mass is 35.5. The van der Waals surface area contributed by atoms with Crippen LogP contribution in [0.25, 0.3) is 10.9 Å². The summed E-state index contributed by atoms with van der Waals surface area (Å²) in [6.45, 7) is 7.58. The Balaban J connectivity index is 2.36. The van der Waals surface area contributed by atoms with Crippen LogP contribution in [0.5, 0.6) is 0 Å². The molecular formula is C21H28ClFN2. The van der Waals surface area contributed by atoms with Crippen molar-refractivity contribution in [2.45, 2.75) is 52.1 Å². The average Bonchev–Trinajstić information content (AvgIpc) is 2.94. The molecule has 136 valence electrons. The summed E-state index contributed by atoms with van der Waals surface area (Å²) in [6.07, 6.45) is 8.74. The van der Waals surface area contributed by atoms with Gasteiger partial charge in [0, 0.05) is 22.1 Å². The van der Waals surface area contributed by atoms with Crippen LogP contribution in [0, 0.1) is 5.92 Å². The van der Waals surface area contributed by atoms with Gasteiger partial charge in [-0.3, -0.25) is 0 Å². The number of allylic oxidation sites excluding steroid dienone is 3. The molecule has 1 aromatic heterocycles. The molecule has 0 aliphatic rings. The lowest BCUT2D eigenvalue weighted by molar-refractivity contribution is 0.186. The van der Waals surface area contributed by atoms with E-state index in [1.807, 2.05) is 30.5 Å². The van der Waals surface area contributed by atoms with Crippen LogP contribution in [0.2, 0.25) is 5.02 Å². The smallest absolute Gasteiger partial charge is 0.105 e. The van der Waals surface area contributed by atoms with E-state index in [9.17, 15) is 4.39 Å². The van der Waals surface area contributed by atoms with Crippen molar-refractivity contribution in [1.82, 2.24) is 4.98 Å². The number of benzene rings is 1. The number of hydrogen-bond donors (Lipinski definition) is 2. The first-order valence-electron chi connectivity index (χ1n) is 8.73. The summed E-state index contributed by atoms with van der Waals surface area (Å²) in [5, 5.41) is 1.89. The monoisotopic (exact) mass is 362 g/mol. The minimum atomic E-state index is -1.17. The topological polar surface area (TPSA) is 41.8 Å². The molecule has 25 heavy (non-hydrogen) atoms. The molecule has 2 rings (SSSR count). The Labute approximate surface area is 154 Å². The number of alkyl halides is 1. The van der Waals surface area contributed by atoms with Gasteiger partial charge in [-0.25, -0.2) is 4.39 Å².